The van der Waals surface area contributed by atoms with Crippen LogP contribution >= 0.6 is 0 Å². The minimum atomic E-state index is -0.272. The molecule has 1 aromatic carbocycles. The van der Waals surface area contributed by atoms with E-state index in [2.05, 4.69) is 21.0 Å². The summed E-state index contributed by atoms with van der Waals surface area (Å²) in [6.45, 7) is 0. The van der Waals surface area contributed by atoms with E-state index in [4.69, 9.17) is 0 Å². The molecule has 0 fully saturated rings. The Kier molecular flexibility index (Phi) is 2.93. The fourth-order valence-electron chi connectivity index (χ4n) is 2.59. The maximum atomic E-state index is 13.6. The molecule has 0 amide bonds. The molecule has 0 aliphatic heterocycles. The van der Waals surface area contributed by atoms with Gasteiger partial charge in [0.1, 0.15) is 11.5 Å². The van der Waals surface area contributed by atoms with Gasteiger partial charge in [-0.25, -0.2) is 9.37 Å². The largest absolute Gasteiger partial charge is 0.346 e. The molecule has 4 heteroatoms. The Bertz CT molecular complexity index is 945. The SMILES string of the molecule is Fc1cccc(-c2nc3[nH]ccc3cc2-c2ccncc2)c1. The van der Waals surface area contributed by atoms with E-state index in [9.17, 15) is 4.39 Å². The van der Waals surface area contributed by atoms with E-state index in [1.807, 2.05) is 30.5 Å². The van der Waals surface area contributed by atoms with Gasteiger partial charge in [0.25, 0.3) is 0 Å². The van der Waals surface area contributed by atoms with Gasteiger partial charge in [-0.1, -0.05) is 12.1 Å². The second-order valence-electron chi connectivity index (χ2n) is 5.05. The molecule has 0 radical (unpaired) electrons. The number of nitrogens with one attached hydrogen (secondary N) is 1. The van der Waals surface area contributed by atoms with Gasteiger partial charge in [0.2, 0.25) is 0 Å². The second-order valence-corrected chi connectivity index (χ2v) is 5.05. The summed E-state index contributed by atoms with van der Waals surface area (Å²) in [5, 5.41) is 1.02. The third kappa shape index (κ3) is 2.15. The highest BCUT2D eigenvalue weighted by atomic mass is 19.1. The minimum absolute atomic E-state index is 0.272. The molecule has 22 heavy (non-hydrogen) atoms. The lowest BCUT2D eigenvalue weighted by molar-refractivity contribution is 0.628. The van der Waals surface area contributed by atoms with Gasteiger partial charge < -0.3 is 4.98 Å². The molecule has 4 aromatic rings. The molecule has 3 nitrogen and oxygen atoms in total. The van der Waals surface area contributed by atoms with Crippen LogP contribution < -0.4 is 0 Å². The lowest BCUT2D eigenvalue weighted by Crippen LogP contribution is -1.91. The maximum absolute atomic E-state index is 13.6. The molecule has 0 spiro atoms. The highest BCUT2D eigenvalue weighted by Gasteiger charge is 2.12. The molecule has 3 aromatic heterocycles. The van der Waals surface area contributed by atoms with Crippen molar-refractivity contribution in [1.29, 1.82) is 0 Å². The van der Waals surface area contributed by atoms with E-state index in [1.165, 1.54) is 12.1 Å². The third-order valence-electron chi connectivity index (χ3n) is 3.62. The van der Waals surface area contributed by atoms with Crippen LogP contribution in [0.2, 0.25) is 0 Å². The minimum Gasteiger partial charge on any atom is -0.346 e. The van der Waals surface area contributed by atoms with Crippen LogP contribution in [0.3, 0.4) is 0 Å². The summed E-state index contributed by atoms with van der Waals surface area (Å²) in [5.74, 6) is -0.272. The maximum Gasteiger partial charge on any atom is 0.138 e. The quantitative estimate of drug-likeness (QED) is 0.593. The Hall–Kier alpha value is -3.01. The van der Waals surface area contributed by atoms with Gasteiger partial charge >= 0.3 is 0 Å². The Morgan fingerprint density at radius 2 is 1.77 bits per heavy atom. The zero-order valence-electron chi connectivity index (χ0n) is 11.6. The number of hydrogen-bond donors (Lipinski definition) is 1. The van der Waals surface area contributed by atoms with Crippen molar-refractivity contribution < 1.29 is 4.39 Å². The van der Waals surface area contributed by atoms with Crippen molar-refractivity contribution in [2.75, 3.05) is 0 Å². The number of halogens is 1. The van der Waals surface area contributed by atoms with Gasteiger partial charge in [0, 0.05) is 35.1 Å². The van der Waals surface area contributed by atoms with Crippen molar-refractivity contribution in [2.24, 2.45) is 0 Å². The van der Waals surface area contributed by atoms with Gasteiger partial charge in [-0.15, -0.1) is 0 Å². The summed E-state index contributed by atoms with van der Waals surface area (Å²) in [5.41, 5.74) is 4.26. The topological polar surface area (TPSA) is 41.6 Å². The molecule has 3 heterocycles. The molecular formula is C18H12FN3. The molecule has 0 bridgehead atoms. The number of nitrogens with zero attached hydrogens (tertiary/aromatic N) is 2. The van der Waals surface area contributed by atoms with E-state index >= 15 is 0 Å². The predicted octanol–water partition coefficient (Wildman–Crippen LogP) is 4.43. The van der Waals surface area contributed by atoms with Crippen molar-refractivity contribution in [3.05, 3.63) is 72.9 Å². The standard InChI is InChI=1S/C18H12FN3/c19-15-3-1-2-13(10-15)17-16(12-4-7-20-8-5-12)11-14-6-9-21-18(14)22-17/h1-11H,(H,21,22). The highest BCUT2D eigenvalue weighted by Crippen LogP contribution is 2.33. The van der Waals surface area contributed by atoms with Gasteiger partial charge in [-0.05, 0) is 42.0 Å². The number of hydrogen-bond acceptors (Lipinski definition) is 2. The van der Waals surface area contributed by atoms with Crippen LogP contribution in [0.1, 0.15) is 0 Å². The van der Waals surface area contributed by atoms with Crippen LogP contribution in [0.15, 0.2) is 67.1 Å². The fraction of sp³-hybridized carbons (Fsp3) is 0. The Balaban J connectivity index is 2.03. The van der Waals surface area contributed by atoms with Crippen LogP contribution in [0, 0.1) is 5.82 Å². The van der Waals surface area contributed by atoms with Crippen LogP contribution in [-0.2, 0) is 0 Å². The number of benzene rings is 1. The third-order valence-corrected chi connectivity index (χ3v) is 3.62. The molecule has 0 aliphatic carbocycles. The summed E-state index contributed by atoms with van der Waals surface area (Å²) < 4.78 is 13.6. The summed E-state index contributed by atoms with van der Waals surface area (Å²) in [6, 6.07) is 14.4. The summed E-state index contributed by atoms with van der Waals surface area (Å²) in [7, 11) is 0. The molecule has 0 saturated heterocycles. The summed E-state index contributed by atoms with van der Waals surface area (Å²) >= 11 is 0. The van der Waals surface area contributed by atoms with Crippen LogP contribution in [0.4, 0.5) is 4.39 Å². The molecule has 0 unspecified atom stereocenters. The van der Waals surface area contributed by atoms with Crippen molar-refractivity contribution in [2.45, 2.75) is 0 Å². The predicted molar refractivity (Wildman–Crippen MR) is 84.7 cm³/mol. The molecule has 106 valence electrons. The van der Waals surface area contributed by atoms with E-state index < -0.39 is 0 Å². The summed E-state index contributed by atoms with van der Waals surface area (Å²) in [6.07, 6.45) is 5.33. The number of aromatic nitrogens is 3. The first-order valence-electron chi connectivity index (χ1n) is 6.96. The van der Waals surface area contributed by atoms with Crippen LogP contribution in [0.25, 0.3) is 33.4 Å². The first kappa shape index (κ1) is 12.7. The molecule has 1 N–H and O–H groups in total. The number of rotatable bonds is 2. The Morgan fingerprint density at radius 3 is 2.59 bits per heavy atom. The first-order chi connectivity index (χ1) is 10.8. The number of fused-ring (bicyclic) bond motifs is 1. The second kappa shape index (κ2) is 5.07. The monoisotopic (exact) mass is 289 g/mol. The molecule has 4 rings (SSSR count). The van der Waals surface area contributed by atoms with Gasteiger partial charge in [0.05, 0.1) is 5.69 Å². The van der Waals surface area contributed by atoms with Crippen molar-refractivity contribution in [1.82, 2.24) is 15.0 Å². The molecule has 0 saturated carbocycles. The smallest absolute Gasteiger partial charge is 0.138 e. The zero-order chi connectivity index (χ0) is 14.9. The first-order valence-corrected chi connectivity index (χ1v) is 6.96. The van der Waals surface area contributed by atoms with Crippen molar-refractivity contribution >= 4 is 11.0 Å². The number of pyridine rings is 2. The van der Waals surface area contributed by atoms with E-state index in [1.54, 1.807) is 18.5 Å². The molecule has 0 atom stereocenters. The molecular weight excluding hydrogens is 277 g/mol. The van der Waals surface area contributed by atoms with E-state index in [-0.39, 0.29) is 5.82 Å². The lowest BCUT2D eigenvalue weighted by atomic mass is 9.99. The van der Waals surface area contributed by atoms with Crippen molar-refractivity contribution in [3.63, 3.8) is 0 Å². The number of H-pyrrole nitrogens is 1. The summed E-state index contributed by atoms with van der Waals surface area (Å²) in [4.78, 5) is 11.8. The van der Waals surface area contributed by atoms with Gasteiger partial charge in [0.15, 0.2) is 0 Å². The van der Waals surface area contributed by atoms with E-state index in [0.29, 0.717) is 0 Å². The number of aromatic amines is 1. The fourth-order valence-corrected chi connectivity index (χ4v) is 2.59. The highest BCUT2D eigenvalue weighted by molar-refractivity contribution is 5.90. The normalized spacial score (nSPS) is 11.0. The van der Waals surface area contributed by atoms with Crippen LogP contribution in [0.5, 0.6) is 0 Å². The van der Waals surface area contributed by atoms with Crippen molar-refractivity contribution in [3.8, 4) is 22.4 Å². The average molecular weight is 289 g/mol. The van der Waals surface area contributed by atoms with Gasteiger partial charge in [-0.2, -0.15) is 0 Å². The Morgan fingerprint density at radius 1 is 0.909 bits per heavy atom. The zero-order valence-corrected chi connectivity index (χ0v) is 11.6. The average Bonchev–Trinajstić information content (AvgIpc) is 3.02. The lowest BCUT2D eigenvalue weighted by Gasteiger charge is -2.10. The van der Waals surface area contributed by atoms with Gasteiger partial charge in [-0.3, -0.25) is 4.98 Å². The molecule has 0 aliphatic rings. The van der Waals surface area contributed by atoms with E-state index in [0.717, 1.165) is 33.4 Å². The Labute approximate surface area is 126 Å². The van der Waals surface area contributed by atoms with Crippen LogP contribution in [-0.4, -0.2) is 15.0 Å².